The normalized spacial score (nSPS) is 51.6. The third-order valence-electron chi connectivity index (χ3n) is 12.7. The zero-order valence-corrected chi connectivity index (χ0v) is 24.5. The summed E-state index contributed by atoms with van der Waals surface area (Å²) in [5.41, 5.74) is 2.23. The minimum absolute atomic E-state index is 0.0218. The molecule has 4 saturated carbocycles. The Morgan fingerprint density at radius 3 is 2.36 bits per heavy atom. The second-order valence-electron chi connectivity index (χ2n) is 14.3. The van der Waals surface area contributed by atoms with Crippen LogP contribution in [-0.2, 0) is 14.2 Å². The predicted octanol–water partition coefficient (Wildman–Crippen LogP) is 5.10. The van der Waals surface area contributed by atoms with Crippen molar-refractivity contribution in [3.05, 3.63) is 35.4 Å². The van der Waals surface area contributed by atoms with E-state index in [1.165, 1.54) is 24.7 Å². The van der Waals surface area contributed by atoms with Gasteiger partial charge in [0.1, 0.15) is 18.3 Å². The molecule has 6 nitrogen and oxygen atoms in total. The molecule has 6 rings (SSSR count). The molecule has 1 saturated heterocycles. The average molecular weight is 543 g/mol. The number of methoxy groups -OCH3 is 1. The van der Waals surface area contributed by atoms with Crippen LogP contribution in [0.5, 0.6) is 0 Å². The first kappa shape index (κ1) is 28.1. The molecule has 3 unspecified atom stereocenters. The fourth-order valence-electron chi connectivity index (χ4n) is 10.2. The summed E-state index contributed by atoms with van der Waals surface area (Å²) >= 11 is 0. The van der Waals surface area contributed by atoms with Gasteiger partial charge in [0, 0.05) is 12.5 Å². The first-order valence-corrected chi connectivity index (χ1v) is 15.5. The molecule has 0 spiro atoms. The highest BCUT2D eigenvalue weighted by Gasteiger charge is 2.67. The largest absolute Gasteiger partial charge is 0.389 e. The molecule has 1 heterocycles. The van der Waals surface area contributed by atoms with Gasteiger partial charge in [-0.25, -0.2) is 0 Å². The third-order valence-corrected chi connectivity index (χ3v) is 12.7. The van der Waals surface area contributed by atoms with Crippen LogP contribution >= 0.6 is 0 Å². The van der Waals surface area contributed by atoms with Crippen LogP contribution in [-0.4, -0.2) is 64.8 Å². The molecule has 1 aromatic carbocycles. The number of aliphatic hydroxyl groups excluding tert-OH is 2. The van der Waals surface area contributed by atoms with E-state index in [-0.39, 0.29) is 16.9 Å². The molecule has 0 bridgehead atoms. The van der Waals surface area contributed by atoms with Gasteiger partial charge >= 0.3 is 0 Å². The summed E-state index contributed by atoms with van der Waals surface area (Å²) in [4.78, 5) is 0. The lowest BCUT2D eigenvalue weighted by Gasteiger charge is -2.64. The molecule has 5 aliphatic rings. The smallest absolute Gasteiger partial charge is 0.186 e. The van der Waals surface area contributed by atoms with Crippen LogP contribution in [0.25, 0.3) is 0 Å². The number of rotatable bonds is 4. The van der Waals surface area contributed by atoms with Gasteiger partial charge in [0.15, 0.2) is 6.29 Å². The Morgan fingerprint density at radius 1 is 0.897 bits per heavy atom. The summed E-state index contributed by atoms with van der Waals surface area (Å²) < 4.78 is 17.6. The lowest BCUT2D eigenvalue weighted by atomic mass is 9.43. The van der Waals surface area contributed by atoms with Gasteiger partial charge in [-0.15, -0.1) is 0 Å². The molecule has 0 amide bonds. The summed E-state index contributed by atoms with van der Waals surface area (Å²) in [6.45, 7) is 8.83. The van der Waals surface area contributed by atoms with E-state index in [2.05, 4.69) is 45.0 Å². The minimum Gasteiger partial charge on any atom is -0.389 e. The van der Waals surface area contributed by atoms with Gasteiger partial charge in [-0.1, -0.05) is 43.7 Å². The van der Waals surface area contributed by atoms with E-state index in [1.807, 2.05) is 0 Å². The highest BCUT2D eigenvalue weighted by molar-refractivity contribution is 5.31. The standard InChI is InChI=1S/C33H50O6/c1-19-6-8-21(9-7-19)24-14-17-33(36)26-11-10-22-18-23(12-15-31(22,3)25(26)13-16-32(24,33)4)39-30-28(35)29(37-5)27(34)20(2)38-30/h6-9,20,22-30,34-36H,10-18H2,1-5H3/t20-,22?,23?,24?,25-,26-,27-,28-,29+,30+,31+,32-,33-/m1/s1. The van der Waals surface area contributed by atoms with Gasteiger partial charge in [0.25, 0.3) is 0 Å². The molecule has 6 heteroatoms. The quantitative estimate of drug-likeness (QED) is 0.459. The fourth-order valence-corrected chi connectivity index (χ4v) is 10.2. The van der Waals surface area contributed by atoms with Gasteiger partial charge in [-0.05, 0) is 106 Å². The van der Waals surface area contributed by atoms with Crippen molar-refractivity contribution in [3.8, 4) is 0 Å². The van der Waals surface area contributed by atoms with E-state index in [1.54, 1.807) is 6.92 Å². The van der Waals surface area contributed by atoms with Crippen LogP contribution in [0, 0.1) is 35.5 Å². The molecule has 5 fully saturated rings. The van der Waals surface area contributed by atoms with Crippen molar-refractivity contribution in [1.29, 1.82) is 0 Å². The Kier molecular flexibility index (Phi) is 7.25. The molecular weight excluding hydrogens is 492 g/mol. The number of hydrogen-bond donors (Lipinski definition) is 3. The van der Waals surface area contributed by atoms with Crippen molar-refractivity contribution in [3.63, 3.8) is 0 Å². The maximum absolute atomic E-state index is 12.5. The monoisotopic (exact) mass is 542 g/mol. The van der Waals surface area contributed by atoms with Gasteiger partial charge in [0.2, 0.25) is 0 Å². The third kappa shape index (κ3) is 4.27. The Morgan fingerprint density at radius 2 is 1.64 bits per heavy atom. The highest BCUT2D eigenvalue weighted by atomic mass is 16.7. The van der Waals surface area contributed by atoms with Crippen molar-refractivity contribution in [2.24, 2.45) is 28.6 Å². The molecule has 0 radical (unpaired) electrons. The Balaban J connectivity index is 1.16. The number of hydrogen-bond acceptors (Lipinski definition) is 6. The Hall–Kier alpha value is -1.02. The van der Waals surface area contributed by atoms with Gasteiger partial charge in [-0.2, -0.15) is 0 Å². The van der Waals surface area contributed by atoms with Crippen LogP contribution in [0.15, 0.2) is 24.3 Å². The summed E-state index contributed by atoms with van der Waals surface area (Å²) in [5.74, 6) is 1.87. The number of aliphatic hydroxyl groups is 3. The van der Waals surface area contributed by atoms with E-state index in [0.717, 1.165) is 51.4 Å². The number of aryl methyl sites for hydroxylation is 1. The number of benzene rings is 1. The Labute approximate surface area is 234 Å². The second-order valence-corrected chi connectivity index (χ2v) is 14.3. The molecule has 39 heavy (non-hydrogen) atoms. The summed E-state index contributed by atoms with van der Waals surface area (Å²) in [5, 5.41) is 33.7. The zero-order chi connectivity index (χ0) is 27.7. The van der Waals surface area contributed by atoms with Crippen LogP contribution in [0.4, 0.5) is 0 Å². The van der Waals surface area contributed by atoms with Crippen LogP contribution in [0.2, 0.25) is 0 Å². The highest BCUT2D eigenvalue weighted by Crippen LogP contribution is 2.70. The first-order chi connectivity index (χ1) is 18.5. The van der Waals surface area contributed by atoms with Crippen LogP contribution in [0.3, 0.4) is 0 Å². The first-order valence-electron chi connectivity index (χ1n) is 15.5. The van der Waals surface area contributed by atoms with Gasteiger partial charge < -0.3 is 29.5 Å². The van der Waals surface area contributed by atoms with Crippen molar-refractivity contribution >= 4 is 0 Å². The van der Waals surface area contributed by atoms with Crippen LogP contribution < -0.4 is 0 Å². The second kappa shape index (κ2) is 10.1. The average Bonchev–Trinajstić information content (AvgIpc) is 3.19. The molecule has 218 valence electrons. The molecule has 4 aliphatic carbocycles. The molecule has 3 N–H and O–H groups in total. The number of fused-ring (bicyclic) bond motifs is 5. The van der Waals surface area contributed by atoms with Gasteiger partial charge in [0.05, 0.1) is 17.8 Å². The summed E-state index contributed by atoms with van der Waals surface area (Å²) in [7, 11) is 1.51. The summed E-state index contributed by atoms with van der Waals surface area (Å²) in [6, 6.07) is 9.05. The maximum atomic E-state index is 12.5. The fraction of sp³-hybridized carbons (Fsp3) is 0.818. The SMILES string of the molecule is CO[C@@H]1[C@@H](O)[C@H](OC2CC[C@@]3(C)C(CC[C@@H]4[C@H]3CC[C@]3(C)C(c5ccc(C)cc5)CC[C@@]43O)C2)O[C@H](C)[C@H]1O. The van der Waals surface area contributed by atoms with E-state index >= 15 is 0 Å². The van der Waals surface area contributed by atoms with Crippen molar-refractivity contribution < 1.29 is 29.5 Å². The predicted molar refractivity (Wildman–Crippen MR) is 149 cm³/mol. The molecule has 1 aromatic rings. The van der Waals surface area contributed by atoms with E-state index < -0.39 is 36.3 Å². The summed E-state index contributed by atoms with van der Waals surface area (Å²) in [6.07, 6.45) is 5.62. The van der Waals surface area contributed by atoms with E-state index in [4.69, 9.17) is 14.2 Å². The molecule has 1 aliphatic heterocycles. The lowest BCUT2D eigenvalue weighted by molar-refractivity contribution is -0.313. The van der Waals surface area contributed by atoms with Gasteiger partial charge in [-0.3, -0.25) is 0 Å². The zero-order valence-electron chi connectivity index (χ0n) is 24.5. The topological polar surface area (TPSA) is 88.4 Å². The molecule has 0 aromatic heterocycles. The maximum Gasteiger partial charge on any atom is 0.186 e. The van der Waals surface area contributed by atoms with E-state index in [9.17, 15) is 15.3 Å². The number of ether oxygens (including phenoxy) is 3. The lowest BCUT2D eigenvalue weighted by Crippen LogP contribution is -2.62. The van der Waals surface area contributed by atoms with Crippen LogP contribution in [0.1, 0.15) is 95.6 Å². The van der Waals surface area contributed by atoms with Crippen molar-refractivity contribution in [2.45, 2.75) is 134 Å². The Bertz CT molecular complexity index is 1030. The minimum atomic E-state index is -1.01. The molecular formula is C33H50O6. The van der Waals surface area contributed by atoms with Crippen molar-refractivity contribution in [2.75, 3.05) is 7.11 Å². The molecule has 13 atom stereocenters. The van der Waals surface area contributed by atoms with E-state index in [0.29, 0.717) is 23.7 Å². The van der Waals surface area contributed by atoms with Crippen molar-refractivity contribution in [1.82, 2.24) is 0 Å².